The molecule has 1 atom stereocenters. The number of hydrogen-bond donors (Lipinski definition) is 3. The van der Waals surface area contributed by atoms with E-state index < -0.39 is 17.1 Å². The summed E-state index contributed by atoms with van der Waals surface area (Å²) in [5.41, 5.74) is 4.41. The molecule has 7 heteroatoms. The zero-order valence-electron chi connectivity index (χ0n) is 15.9. The van der Waals surface area contributed by atoms with Crippen molar-refractivity contribution in [1.29, 1.82) is 0 Å². The minimum absolute atomic E-state index is 0.139. The molecule has 1 saturated heterocycles. The van der Waals surface area contributed by atoms with Crippen LogP contribution in [0.15, 0.2) is 0 Å². The lowest BCUT2D eigenvalue weighted by atomic mass is 9.75. The standard InChI is InChI=1S/C18H32N4O3/c1-5-13-6-8-18(9-7-13)15(24)22(16(25)21-18)10-14(23)20-17(4,11-19)12(2)3/h12-13H,5-11,19H2,1-4H3,(H,20,23)(H,21,25). The first-order valence-electron chi connectivity index (χ1n) is 9.32. The third-order valence-electron chi connectivity index (χ3n) is 6.21. The first-order valence-corrected chi connectivity index (χ1v) is 9.32. The topological polar surface area (TPSA) is 105 Å². The van der Waals surface area contributed by atoms with Gasteiger partial charge in [-0.1, -0.05) is 27.2 Å². The van der Waals surface area contributed by atoms with Crippen LogP contribution in [0.1, 0.15) is 59.8 Å². The van der Waals surface area contributed by atoms with Gasteiger partial charge in [0.2, 0.25) is 5.91 Å². The Hall–Kier alpha value is -1.63. The van der Waals surface area contributed by atoms with E-state index in [1.807, 2.05) is 20.8 Å². The predicted molar refractivity (Wildman–Crippen MR) is 95.7 cm³/mol. The smallest absolute Gasteiger partial charge is 0.325 e. The van der Waals surface area contributed by atoms with Gasteiger partial charge in [-0.2, -0.15) is 0 Å². The lowest BCUT2D eigenvalue weighted by Gasteiger charge is -2.35. The zero-order valence-corrected chi connectivity index (χ0v) is 15.9. The second-order valence-corrected chi connectivity index (χ2v) is 8.08. The average molecular weight is 352 g/mol. The average Bonchev–Trinajstić information content (AvgIpc) is 2.79. The maximum atomic E-state index is 12.8. The fourth-order valence-electron chi connectivity index (χ4n) is 3.67. The quantitative estimate of drug-likeness (QED) is 0.628. The summed E-state index contributed by atoms with van der Waals surface area (Å²) in [5, 5.41) is 5.73. The van der Waals surface area contributed by atoms with E-state index in [1.54, 1.807) is 0 Å². The van der Waals surface area contributed by atoms with Crippen LogP contribution in [-0.4, -0.2) is 46.9 Å². The molecule has 1 aliphatic heterocycles. The van der Waals surface area contributed by atoms with E-state index in [-0.39, 0.29) is 24.3 Å². The molecule has 4 N–H and O–H groups in total. The highest BCUT2D eigenvalue weighted by Crippen LogP contribution is 2.37. The fourth-order valence-corrected chi connectivity index (χ4v) is 3.67. The van der Waals surface area contributed by atoms with Gasteiger partial charge in [-0.05, 0) is 44.4 Å². The van der Waals surface area contributed by atoms with Gasteiger partial charge in [0, 0.05) is 6.54 Å². The first kappa shape index (κ1) is 19.7. The molecule has 0 bridgehead atoms. The van der Waals surface area contributed by atoms with E-state index in [4.69, 9.17) is 5.73 Å². The van der Waals surface area contributed by atoms with Gasteiger partial charge in [-0.3, -0.25) is 14.5 Å². The van der Waals surface area contributed by atoms with E-state index in [0.29, 0.717) is 25.3 Å². The Bertz CT molecular complexity index is 540. The Labute approximate surface area is 150 Å². The van der Waals surface area contributed by atoms with Crippen molar-refractivity contribution >= 4 is 17.8 Å². The summed E-state index contributed by atoms with van der Waals surface area (Å²) >= 11 is 0. The number of imide groups is 1. The molecule has 0 radical (unpaired) electrons. The van der Waals surface area contributed by atoms with Gasteiger partial charge in [-0.25, -0.2) is 4.79 Å². The van der Waals surface area contributed by atoms with Crippen LogP contribution in [0.4, 0.5) is 4.79 Å². The number of amides is 4. The molecule has 1 heterocycles. The summed E-state index contributed by atoms with van der Waals surface area (Å²) in [6.07, 6.45) is 4.26. The van der Waals surface area contributed by atoms with Crippen LogP contribution in [0.25, 0.3) is 0 Å². The summed E-state index contributed by atoms with van der Waals surface area (Å²) in [5.74, 6) is 0.134. The molecule has 2 fully saturated rings. The maximum absolute atomic E-state index is 12.8. The van der Waals surface area contributed by atoms with Gasteiger partial charge in [0.15, 0.2) is 0 Å². The number of carbonyl (C=O) groups excluding carboxylic acids is 3. The highest BCUT2D eigenvalue weighted by atomic mass is 16.2. The Morgan fingerprint density at radius 1 is 1.40 bits per heavy atom. The monoisotopic (exact) mass is 352 g/mol. The minimum Gasteiger partial charge on any atom is -0.348 e. The fraction of sp³-hybridized carbons (Fsp3) is 0.833. The minimum atomic E-state index is -0.807. The highest BCUT2D eigenvalue weighted by Gasteiger charge is 2.52. The second-order valence-electron chi connectivity index (χ2n) is 8.08. The molecule has 2 aliphatic rings. The van der Waals surface area contributed by atoms with Crippen molar-refractivity contribution in [3.8, 4) is 0 Å². The molecule has 25 heavy (non-hydrogen) atoms. The number of nitrogens with two attached hydrogens (primary N) is 1. The van der Waals surface area contributed by atoms with Gasteiger partial charge in [0.25, 0.3) is 5.91 Å². The number of nitrogens with zero attached hydrogens (tertiary/aromatic N) is 1. The first-order chi connectivity index (χ1) is 11.7. The van der Waals surface area contributed by atoms with E-state index in [9.17, 15) is 14.4 Å². The largest absolute Gasteiger partial charge is 0.348 e. The Morgan fingerprint density at radius 2 is 2.00 bits per heavy atom. The molecule has 7 nitrogen and oxygen atoms in total. The third-order valence-corrected chi connectivity index (χ3v) is 6.21. The van der Waals surface area contributed by atoms with Crippen LogP contribution < -0.4 is 16.4 Å². The van der Waals surface area contributed by atoms with Gasteiger partial charge in [0.1, 0.15) is 12.1 Å². The van der Waals surface area contributed by atoms with Crippen LogP contribution in [0.3, 0.4) is 0 Å². The lowest BCUT2D eigenvalue weighted by Crippen LogP contribution is -2.57. The summed E-state index contributed by atoms with van der Waals surface area (Å²) in [4.78, 5) is 38.6. The zero-order chi connectivity index (χ0) is 18.8. The Kier molecular flexibility index (Phi) is 5.76. The molecule has 0 aromatic rings. The van der Waals surface area contributed by atoms with Gasteiger partial charge >= 0.3 is 6.03 Å². The van der Waals surface area contributed by atoms with Crippen LogP contribution in [0.5, 0.6) is 0 Å². The molecule has 0 aromatic carbocycles. The summed E-state index contributed by atoms with van der Waals surface area (Å²) in [7, 11) is 0. The summed E-state index contributed by atoms with van der Waals surface area (Å²) in [6, 6.07) is -0.464. The van der Waals surface area contributed by atoms with Gasteiger partial charge < -0.3 is 16.4 Å². The Balaban J connectivity index is 2.02. The molecule has 1 spiro atoms. The van der Waals surface area contributed by atoms with Crippen molar-refractivity contribution in [2.45, 2.75) is 70.9 Å². The molecule has 1 saturated carbocycles. The van der Waals surface area contributed by atoms with Crippen molar-refractivity contribution in [2.75, 3.05) is 13.1 Å². The van der Waals surface area contributed by atoms with E-state index in [0.717, 1.165) is 24.2 Å². The summed E-state index contributed by atoms with van der Waals surface area (Å²) in [6.45, 7) is 8.00. The van der Waals surface area contributed by atoms with Crippen molar-refractivity contribution in [1.82, 2.24) is 15.5 Å². The van der Waals surface area contributed by atoms with Gasteiger partial charge in [-0.15, -0.1) is 0 Å². The Morgan fingerprint density at radius 3 is 2.48 bits per heavy atom. The van der Waals surface area contributed by atoms with Crippen molar-refractivity contribution < 1.29 is 14.4 Å². The van der Waals surface area contributed by atoms with E-state index in [2.05, 4.69) is 17.6 Å². The molecule has 142 valence electrons. The second kappa shape index (κ2) is 7.32. The van der Waals surface area contributed by atoms with Crippen molar-refractivity contribution in [3.63, 3.8) is 0 Å². The predicted octanol–water partition coefficient (Wildman–Crippen LogP) is 1.37. The number of carbonyl (C=O) groups is 3. The van der Waals surface area contributed by atoms with Gasteiger partial charge in [0.05, 0.1) is 5.54 Å². The number of nitrogens with one attached hydrogen (secondary N) is 2. The number of hydrogen-bond acceptors (Lipinski definition) is 4. The molecule has 1 unspecified atom stereocenters. The molecule has 4 amide bonds. The van der Waals surface area contributed by atoms with Crippen LogP contribution in [0, 0.1) is 11.8 Å². The van der Waals surface area contributed by atoms with Crippen LogP contribution >= 0.6 is 0 Å². The van der Waals surface area contributed by atoms with E-state index in [1.165, 1.54) is 0 Å². The van der Waals surface area contributed by atoms with Crippen molar-refractivity contribution in [2.24, 2.45) is 17.6 Å². The molecular formula is C18H32N4O3. The molecule has 0 aromatic heterocycles. The molecule has 1 aliphatic carbocycles. The normalized spacial score (nSPS) is 29.0. The molecular weight excluding hydrogens is 320 g/mol. The highest BCUT2D eigenvalue weighted by molar-refractivity contribution is 6.09. The number of urea groups is 1. The molecule has 2 rings (SSSR count). The lowest BCUT2D eigenvalue weighted by molar-refractivity contribution is -0.136. The maximum Gasteiger partial charge on any atom is 0.325 e. The summed E-state index contributed by atoms with van der Waals surface area (Å²) < 4.78 is 0. The number of rotatable bonds is 6. The SMILES string of the molecule is CCC1CCC2(CC1)NC(=O)N(CC(=O)NC(C)(CN)C(C)C)C2=O. The van der Waals surface area contributed by atoms with Crippen LogP contribution in [-0.2, 0) is 9.59 Å². The van der Waals surface area contributed by atoms with Crippen molar-refractivity contribution in [3.05, 3.63) is 0 Å². The van der Waals surface area contributed by atoms with Crippen LogP contribution in [0.2, 0.25) is 0 Å². The third kappa shape index (κ3) is 3.81. The van der Waals surface area contributed by atoms with E-state index >= 15 is 0 Å².